The third-order valence-electron chi connectivity index (χ3n) is 4.06. The van der Waals surface area contributed by atoms with Gasteiger partial charge in [-0.05, 0) is 42.0 Å². The van der Waals surface area contributed by atoms with Crippen molar-refractivity contribution in [2.75, 3.05) is 0 Å². The van der Waals surface area contributed by atoms with E-state index in [9.17, 15) is 13.6 Å². The number of benzene rings is 2. The monoisotopic (exact) mass is 377 g/mol. The van der Waals surface area contributed by atoms with Crippen LogP contribution in [-0.2, 0) is 0 Å². The summed E-state index contributed by atoms with van der Waals surface area (Å²) in [5, 5.41) is 4.48. The molecule has 0 unspecified atom stereocenters. The summed E-state index contributed by atoms with van der Waals surface area (Å²) in [6.07, 6.45) is 2.76. The van der Waals surface area contributed by atoms with E-state index in [1.54, 1.807) is 36.4 Å². The lowest BCUT2D eigenvalue weighted by molar-refractivity contribution is 0.0956. The van der Waals surface area contributed by atoms with E-state index in [0.29, 0.717) is 33.5 Å². The number of furan rings is 1. The molecule has 0 bridgehead atoms. The van der Waals surface area contributed by atoms with Crippen LogP contribution in [0.15, 0.2) is 76.4 Å². The molecule has 0 saturated carbocycles. The molecular weight excluding hydrogens is 364 g/mol. The fourth-order valence-electron chi connectivity index (χ4n) is 2.73. The Hall–Kier alpha value is -3.87. The maximum absolute atomic E-state index is 13.2. The molecule has 2 aromatic heterocycles. The second-order valence-electron chi connectivity index (χ2n) is 5.92. The van der Waals surface area contributed by atoms with E-state index >= 15 is 0 Å². The number of fused-ring (bicyclic) bond motifs is 1. The fraction of sp³-hybridized carbons (Fsp3) is 0. The number of halogens is 2. The molecule has 7 heteroatoms. The number of carbonyl (C=O) groups is 1. The van der Waals surface area contributed by atoms with Gasteiger partial charge in [0.2, 0.25) is 0 Å². The summed E-state index contributed by atoms with van der Waals surface area (Å²) in [6.45, 7) is 0. The van der Waals surface area contributed by atoms with Gasteiger partial charge in [0.05, 0.1) is 23.6 Å². The number of amides is 1. The molecule has 2 aromatic carbocycles. The number of pyridine rings is 1. The molecule has 0 fully saturated rings. The van der Waals surface area contributed by atoms with Crippen LogP contribution in [-0.4, -0.2) is 17.1 Å². The lowest BCUT2D eigenvalue weighted by atomic mass is 10.1. The molecule has 5 nitrogen and oxygen atoms in total. The van der Waals surface area contributed by atoms with E-state index in [0.717, 1.165) is 12.1 Å². The Morgan fingerprint density at radius 3 is 2.68 bits per heavy atom. The number of aromatic nitrogens is 1. The van der Waals surface area contributed by atoms with E-state index in [1.807, 2.05) is 6.07 Å². The zero-order chi connectivity index (χ0) is 19.5. The molecule has 0 aliphatic heterocycles. The highest BCUT2D eigenvalue weighted by Crippen LogP contribution is 2.25. The Morgan fingerprint density at radius 2 is 1.89 bits per heavy atom. The fourth-order valence-corrected chi connectivity index (χ4v) is 2.73. The van der Waals surface area contributed by atoms with Crippen molar-refractivity contribution in [1.82, 2.24) is 10.4 Å². The standard InChI is InChI=1S/C21H13F2N3O2/c22-16-8-7-13(10-17(16)23)12-24-26-21(27)15-11-19(20-6-3-9-28-20)25-18-5-2-1-4-14(15)18/h1-12H,(H,26,27)/b24-12-. The van der Waals surface area contributed by atoms with Gasteiger partial charge in [-0.2, -0.15) is 5.10 Å². The van der Waals surface area contributed by atoms with Crippen LogP contribution < -0.4 is 5.43 Å². The molecule has 0 aliphatic carbocycles. The smallest absolute Gasteiger partial charge is 0.272 e. The average molecular weight is 377 g/mol. The Kier molecular flexibility index (Phi) is 4.63. The lowest BCUT2D eigenvalue weighted by Gasteiger charge is -2.07. The third kappa shape index (κ3) is 3.50. The van der Waals surface area contributed by atoms with Gasteiger partial charge in [-0.25, -0.2) is 19.2 Å². The summed E-state index contributed by atoms with van der Waals surface area (Å²) in [7, 11) is 0. The molecular formula is C21H13F2N3O2. The predicted octanol–water partition coefficient (Wildman–Crippen LogP) is 4.54. The van der Waals surface area contributed by atoms with Gasteiger partial charge in [-0.1, -0.05) is 24.3 Å². The van der Waals surface area contributed by atoms with Crippen LogP contribution in [0.25, 0.3) is 22.4 Å². The van der Waals surface area contributed by atoms with Crippen LogP contribution >= 0.6 is 0 Å². The highest BCUT2D eigenvalue weighted by molar-refractivity contribution is 6.07. The van der Waals surface area contributed by atoms with Crippen molar-refractivity contribution in [2.45, 2.75) is 0 Å². The SMILES string of the molecule is O=C(N/N=C\c1ccc(F)c(F)c1)c1cc(-c2ccco2)nc2ccccc12. The first-order valence-electron chi connectivity index (χ1n) is 8.34. The topological polar surface area (TPSA) is 67.5 Å². The first kappa shape index (κ1) is 17.5. The van der Waals surface area contributed by atoms with Crippen molar-refractivity contribution in [3.8, 4) is 11.5 Å². The number of hydrogen-bond donors (Lipinski definition) is 1. The predicted molar refractivity (Wildman–Crippen MR) is 101 cm³/mol. The van der Waals surface area contributed by atoms with Crippen LogP contribution in [0.2, 0.25) is 0 Å². The van der Waals surface area contributed by atoms with Gasteiger partial charge in [-0.3, -0.25) is 4.79 Å². The average Bonchev–Trinajstić information content (AvgIpc) is 3.24. The number of hydrazone groups is 1. The zero-order valence-corrected chi connectivity index (χ0v) is 14.4. The maximum Gasteiger partial charge on any atom is 0.272 e. The molecule has 2 heterocycles. The van der Waals surface area contributed by atoms with Crippen LogP contribution in [0.3, 0.4) is 0 Å². The molecule has 28 heavy (non-hydrogen) atoms. The number of hydrogen-bond acceptors (Lipinski definition) is 4. The summed E-state index contributed by atoms with van der Waals surface area (Å²) in [4.78, 5) is 17.2. The second-order valence-corrected chi connectivity index (χ2v) is 5.92. The molecule has 0 saturated heterocycles. The first-order chi connectivity index (χ1) is 13.6. The Balaban J connectivity index is 1.64. The molecule has 138 valence electrons. The van der Waals surface area contributed by atoms with Gasteiger partial charge in [-0.15, -0.1) is 0 Å². The molecule has 0 spiro atoms. The summed E-state index contributed by atoms with van der Waals surface area (Å²) >= 11 is 0. The van der Waals surface area contributed by atoms with Gasteiger partial charge in [0, 0.05) is 5.39 Å². The van der Waals surface area contributed by atoms with Gasteiger partial charge in [0.15, 0.2) is 17.4 Å². The summed E-state index contributed by atoms with van der Waals surface area (Å²) in [6, 6.07) is 15.6. The number of carbonyl (C=O) groups excluding carboxylic acids is 1. The molecule has 0 aliphatic rings. The minimum atomic E-state index is -0.988. The Labute approximate surface area is 158 Å². The summed E-state index contributed by atoms with van der Waals surface area (Å²) in [5.74, 6) is -1.87. The molecule has 4 aromatic rings. The quantitative estimate of drug-likeness (QED) is 0.419. The molecule has 0 radical (unpaired) electrons. The van der Waals surface area contributed by atoms with Crippen molar-refractivity contribution in [3.05, 3.63) is 89.7 Å². The minimum absolute atomic E-state index is 0.315. The van der Waals surface area contributed by atoms with Crippen LogP contribution in [0, 0.1) is 11.6 Å². The van der Waals surface area contributed by atoms with Crippen molar-refractivity contribution in [1.29, 1.82) is 0 Å². The minimum Gasteiger partial charge on any atom is -0.463 e. The highest BCUT2D eigenvalue weighted by atomic mass is 19.2. The molecule has 1 amide bonds. The van der Waals surface area contributed by atoms with Gasteiger partial charge >= 0.3 is 0 Å². The number of para-hydroxylation sites is 1. The largest absolute Gasteiger partial charge is 0.463 e. The lowest BCUT2D eigenvalue weighted by Crippen LogP contribution is -2.18. The van der Waals surface area contributed by atoms with Crippen molar-refractivity contribution in [2.24, 2.45) is 5.10 Å². The van der Waals surface area contributed by atoms with E-state index in [1.165, 1.54) is 18.5 Å². The van der Waals surface area contributed by atoms with E-state index in [2.05, 4.69) is 15.5 Å². The van der Waals surface area contributed by atoms with E-state index in [4.69, 9.17) is 4.42 Å². The van der Waals surface area contributed by atoms with Gasteiger partial charge < -0.3 is 4.42 Å². The molecule has 1 N–H and O–H groups in total. The van der Waals surface area contributed by atoms with Crippen LogP contribution in [0.4, 0.5) is 8.78 Å². The van der Waals surface area contributed by atoms with Crippen LogP contribution in [0.5, 0.6) is 0 Å². The summed E-state index contributed by atoms with van der Waals surface area (Å²) in [5.41, 5.74) is 4.22. The molecule has 4 rings (SSSR count). The summed E-state index contributed by atoms with van der Waals surface area (Å²) < 4.78 is 31.6. The Morgan fingerprint density at radius 1 is 1.04 bits per heavy atom. The first-order valence-corrected chi connectivity index (χ1v) is 8.34. The third-order valence-corrected chi connectivity index (χ3v) is 4.06. The number of nitrogens with zero attached hydrogens (tertiary/aromatic N) is 2. The van der Waals surface area contributed by atoms with Crippen molar-refractivity contribution < 1.29 is 18.0 Å². The van der Waals surface area contributed by atoms with Gasteiger partial charge in [0.1, 0.15) is 5.69 Å². The van der Waals surface area contributed by atoms with Crippen molar-refractivity contribution in [3.63, 3.8) is 0 Å². The van der Waals surface area contributed by atoms with Crippen molar-refractivity contribution >= 4 is 23.0 Å². The van der Waals surface area contributed by atoms with E-state index in [-0.39, 0.29) is 0 Å². The number of nitrogens with one attached hydrogen (secondary N) is 1. The highest BCUT2D eigenvalue weighted by Gasteiger charge is 2.14. The van der Waals surface area contributed by atoms with Gasteiger partial charge in [0.25, 0.3) is 5.91 Å². The second kappa shape index (κ2) is 7.40. The Bertz CT molecular complexity index is 1190. The zero-order valence-electron chi connectivity index (χ0n) is 14.4. The normalized spacial score (nSPS) is 11.2. The van der Waals surface area contributed by atoms with E-state index < -0.39 is 17.5 Å². The number of rotatable bonds is 4. The van der Waals surface area contributed by atoms with Crippen LogP contribution in [0.1, 0.15) is 15.9 Å². The molecule has 0 atom stereocenters. The maximum atomic E-state index is 13.2.